The van der Waals surface area contributed by atoms with E-state index in [1.54, 1.807) is 43.5 Å². The number of hydrogen-bond donors (Lipinski definition) is 2. The second-order valence-corrected chi connectivity index (χ2v) is 5.43. The second-order valence-electron chi connectivity index (χ2n) is 4.59. The lowest BCUT2D eigenvalue weighted by molar-refractivity contribution is -0.130. The quantitative estimate of drug-likeness (QED) is 0.907. The molecule has 1 aromatic carbocycles. The van der Waals surface area contributed by atoms with E-state index in [0.717, 1.165) is 5.56 Å². The molecule has 0 aliphatic rings. The number of amides is 1. The fraction of sp³-hybridized carbons (Fsp3) is 0.200. The molecule has 0 radical (unpaired) electrons. The Labute approximate surface area is 132 Å². The van der Waals surface area contributed by atoms with Gasteiger partial charge in [-0.1, -0.05) is 35.3 Å². The molecule has 1 amide bonds. The minimum Gasteiger partial charge on any atom is -0.378 e. The molecular weight excluding hydrogens is 311 g/mol. The maximum atomic E-state index is 12.0. The number of carbonyl (C=O) groups excluding carboxylic acids is 1. The first-order valence-electron chi connectivity index (χ1n) is 6.32. The van der Waals surface area contributed by atoms with Crippen molar-refractivity contribution in [2.24, 2.45) is 0 Å². The Morgan fingerprint density at radius 3 is 2.71 bits per heavy atom. The maximum absolute atomic E-state index is 12.0. The molecule has 21 heavy (non-hydrogen) atoms. The molecule has 6 heteroatoms. The minimum absolute atomic E-state index is 0.353. The van der Waals surface area contributed by atoms with Crippen molar-refractivity contribution in [3.63, 3.8) is 0 Å². The van der Waals surface area contributed by atoms with Crippen molar-refractivity contribution in [3.8, 4) is 0 Å². The molecule has 2 N–H and O–H groups in total. The van der Waals surface area contributed by atoms with Gasteiger partial charge in [-0.15, -0.1) is 0 Å². The van der Waals surface area contributed by atoms with E-state index in [0.29, 0.717) is 15.6 Å². The Morgan fingerprint density at radius 2 is 2.10 bits per heavy atom. The first-order valence-corrected chi connectivity index (χ1v) is 7.08. The minimum atomic E-state index is -1.27. The van der Waals surface area contributed by atoms with Crippen molar-refractivity contribution < 1.29 is 9.90 Å². The molecule has 2 atom stereocenters. The summed E-state index contributed by atoms with van der Waals surface area (Å²) in [5, 5.41) is 13.7. The Morgan fingerprint density at radius 1 is 1.33 bits per heavy atom. The first-order chi connectivity index (χ1) is 9.99. The zero-order valence-corrected chi connectivity index (χ0v) is 12.8. The Kier molecular flexibility index (Phi) is 5.17. The molecule has 0 aliphatic carbocycles. The van der Waals surface area contributed by atoms with E-state index in [4.69, 9.17) is 23.2 Å². The van der Waals surface area contributed by atoms with Crippen LogP contribution in [0.5, 0.6) is 0 Å². The highest BCUT2D eigenvalue weighted by molar-refractivity contribution is 6.35. The van der Waals surface area contributed by atoms with Crippen LogP contribution in [0.15, 0.2) is 42.7 Å². The number of benzene rings is 1. The van der Waals surface area contributed by atoms with Gasteiger partial charge >= 0.3 is 0 Å². The smallest absolute Gasteiger partial charge is 0.254 e. The summed E-state index contributed by atoms with van der Waals surface area (Å²) < 4.78 is 0. The van der Waals surface area contributed by atoms with Crippen LogP contribution < -0.4 is 5.32 Å². The van der Waals surface area contributed by atoms with Gasteiger partial charge in [-0.3, -0.25) is 9.78 Å². The summed E-state index contributed by atoms with van der Waals surface area (Å²) in [6, 6.07) is 7.99. The van der Waals surface area contributed by atoms with E-state index in [9.17, 15) is 9.90 Å². The standard InChI is InChI=1S/C15H14Cl2N2O2/c1-9(12-5-4-11(16)7-13(12)17)19-15(21)14(20)10-3-2-6-18-8-10/h2-9,14,20H,1H3,(H,19,21)/t9-,14-/m1/s1. The lowest BCUT2D eigenvalue weighted by Crippen LogP contribution is -2.31. The summed E-state index contributed by atoms with van der Waals surface area (Å²) in [5.74, 6) is -0.512. The number of hydrogen-bond acceptors (Lipinski definition) is 3. The molecule has 1 heterocycles. The number of nitrogens with one attached hydrogen (secondary N) is 1. The largest absolute Gasteiger partial charge is 0.378 e. The second kappa shape index (κ2) is 6.89. The van der Waals surface area contributed by atoms with Crippen LogP contribution in [0.25, 0.3) is 0 Å². The summed E-state index contributed by atoms with van der Waals surface area (Å²) in [7, 11) is 0. The average molecular weight is 325 g/mol. The van der Waals surface area contributed by atoms with Crippen molar-refractivity contribution in [2.75, 3.05) is 0 Å². The lowest BCUT2D eigenvalue weighted by atomic mass is 10.1. The third-order valence-electron chi connectivity index (χ3n) is 3.04. The Balaban J connectivity index is 2.08. The topological polar surface area (TPSA) is 62.2 Å². The number of nitrogens with zero attached hydrogens (tertiary/aromatic N) is 1. The average Bonchev–Trinajstić information content (AvgIpc) is 2.47. The Hall–Kier alpha value is -1.62. The molecule has 1 aromatic heterocycles. The predicted octanol–water partition coefficient (Wildman–Crippen LogP) is 3.30. The highest BCUT2D eigenvalue weighted by Crippen LogP contribution is 2.26. The van der Waals surface area contributed by atoms with E-state index in [-0.39, 0.29) is 6.04 Å². The molecule has 0 aliphatic heterocycles. The van der Waals surface area contributed by atoms with Crippen molar-refractivity contribution in [1.29, 1.82) is 0 Å². The summed E-state index contributed by atoms with van der Waals surface area (Å²) in [6.07, 6.45) is 1.75. The predicted molar refractivity (Wildman–Crippen MR) is 82.2 cm³/mol. The van der Waals surface area contributed by atoms with Gasteiger partial charge in [0.25, 0.3) is 5.91 Å². The molecule has 0 spiro atoms. The van der Waals surface area contributed by atoms with E-state index in [2.05, 4.69) is 10.3 Å². The van der Waals surface area contributed by atoms with E-state index >= 15 is 0 Å². The third kappa shape index (κ3) is 3.94. The summed E-state index contributed by atoms with van der Waals surface area (Å²) >= 11 is 11.9. The number of pyridine rings is 1. The number of aliphatic hydroxyl groups excluding tert-OH is 1. The zero-order valence-electron chi connectivity index (χ0n) is 11.3. The van der Waals surface area contributed by atoms with Crippen LogP contribution in [0.3, 0.4) is 0 Å². The van der Waals surface area contributed by atoms with Crippen LogP contribution >= 0.6 is 23.2 Å². The van der Waals surface area contributed by atoms with Gasteiger partial charge in [0.05, 0.1) is 6.04 Å². The van der Waals surface area contributed by atoms with Gasteiger partial charge in [-0.05, 0) is 30.7 Å². The van der Waals surface area contributed by atoms with Gasteiger partial charge in [0.2, 0.25) is 0 Å². The fourth-order valence-electron chi connectivity index (χ4n) is 1.91. The third-order valence-corrected chi connectivity index (χ3v) is 3.60. The van der Waals surface area contributed by atoms with Crippen molar-refractivity contribution in [1.82, 2.24) is 10.3 Å². The summed E-state index contributed by atoms with van der Waals surface area (Å²) in [6.45, 7) is 1.78. The van der Waals surface area contributed by atoms with E-state index < -0.39 is 12.0 Å². The molecule has 2 aromatic rings. The summed E-state index contributed by atoms with van der Waals surface area (Å²) in [4.78, 5) is 15.9. The van der Waals surface area contributed by atoms with Crippen LogP contribution in [0, 0.1) is 0 Å². The number of aromatic nitrogens is 1. The molecule has 0 unspecified atom stereocenters. The number of carbonyl (C=O) groups is 1. The van der Waals surface area contributed by atoms with Gasteiger partial charge < -0.3 is 10.4 Å². The van der Waals surface area contributed by atoms with Crippen molar-refractivity contribution >= 4 is 29.1 Å². The van der Waals surface area contributed by atoms with Crippen LogP contribution in [0.4, 0.5) is 0 Å². The SMILES string of the molecule is C[C@@H](NC(=O)[C@H](O)c1cccnc1)c1ccc(Cl)cc1Cl. The van der Waals surface area contributed by atoms with Crippen LogP contribution in [0.1, 0.15) is 30.2 Å². The van der Waals surface area contributed by atoms with Crippen LogP contribution in [0.2, 0.25) is 10.0 Å². The van der Waals surface area contributed by atoms with Crippen LogP contribution in [-0.4, -0.2) is 16.0 Å². The number of rotatable bonds is 4. The molecule has 0 bridgehead atoms. The maximum Gasteiger partial charge on any atom is 0.254 e. The van der Waals surface area contributed by atoms with E-state index in [1.807, 2.05) is 0 Å². The van der Waals surface area contributed by atoms with Crippen molar-refractivity contribution in [3.05, 3.63) is 63.9 Å². The molecule has 110 valence electrons. The molecule has 0 saturated carbocycles. The lowest BCUT2D eigenvalue weighted by Gasteiger charge is -2.18. The molecule has 4 nitrogen and oxygen atoms in total. The molecular formula is C15H14Cl2N2O2. The van der Waals surface area contributed by atoms with Gasteiger partial charge in [-0.25, -0.2) is 0 Å². The number of halogens is 2. The summed E-state index contributed by atoms with van der Waals surface area (Å²) in [5.41, 5.74) is 1.16. The van der Waals surface area contributed by atoms with Gasteiger partial charge in [0, 0.05) is 28.0 Å². The molecule has 2 rings (SSSR count). The van der Waals surface area contributed by atoms with Gasteiger partial charge in [0.1, 0.15) is 0 Å². The van der Waals surface area contributed by atoms with Crippen molar-refractivity contribution in [2.45, 2.75) is 19.1 Å². The van der Waals surface area contributed by atoms with Gasteiger partial charge in [-0.2, -0.15) is 0 Å². The van der Waals surface area contributed by atoms with E-state index in [1.165, 1.54) is 6.20 Å². The monoisotopic (exact) mass is 324 g/mol. The van der Waals surface area contributed by atoms with Crippen LogP contribution in [-0.2, 0) is 4.79 Å². The fourth-order valence-corrected chi connectivity index (χ4v) is 2.48. The highest BCUT2D eigenvalue weighted by atomic mass is 35.5. The Bertz CT molecular complexity index is 635. The molecule has 0 saturated heterocycles. The number of aliphatic hydroxyl groups is 1. The normalized spacial score (nSPS) is 13.5. The first kappa shape index (κ1) is 15.8. The molecule has 0 fully saturated rings. The zero-order chi connectivity index (χ0) is 15.4. The highest BCUT2D eigenvalue weighted by Gasteiger charge is 2.20. The van der Waals surface area contributed by atoms with Gasteiger partial charge in [0.15, 0.2) is 6.10 Å².